The van der Waals surface area contributed by atoms with E-state index < -0.39 is 22.7 Å². The highest BCUT2D eigenvalue weighted by molar-refractivity contribution is 7.87. The number of carboxylic acid groups (broad SMARTS) is 1. The molecule has 0 spiro atoms. The van der Waals surface area contributed by atoms with Crippen LogP contribution >= 0.6 is 0 Å². The summed E-state index contributed by atoms with van der Waals surface area (Å²) in [6, 6.07) is -0.256. The molecular weight excluding hydrogens is 232 g/mol. The summed E-state index contributed by atoms with van der Waals surface area (Å²) in [4.78, 5) is 10.6. The molecule has 96 valence electrons. The van der Waals surface area contributed by atoms with Crippen LogP contribution in [0.15, 0.2) is 0 Å². The Morgan fingerprint density at radius 1 is 1.31 bits per heavy atom. The molecule has 16 heavy (non-hydrogen) atoms. The molecule has 2 N–H and O–H groups in total. The van der Waals surface area contributed by atoms with Crippen molar-refractivity contribution >= 4 is 16.2 Å². The van der Waals surface area contributed by atoms with Gasteiger partial charge in [-0.2, -0.15) is 17.4 Å². The first-order valence-electron chi connectivity index (χ1n) is 5.14. The van der Waals surface area contributed by atoms with Crippen molar-refractivity contribution in [3.8, 4) is 0 Å². The molecule has 0 saturated heterocycles. The molecule has 0 atom stereocenters. The predicted octanol–water partition coefficient (Wildman–Crippen LogP) is 0.272. The summed E-state index contributed by atoms with van der Waals surface area (Å²) < 4.78 is 26.8. The summed E-state index contributed by atoms with van der Waals surface area (Å²) in [6.45, 7) is 6.71. The molecule has 0 aliphatic heterocycles. The normalized spacial score (nSPS) is 12.7. The number of carboxylic acids is 1. The van der Waals surface area contributed by atoms with Gasteiger partial charge in [-0.1, -0.05) is 13.8 Å². The monoisotopic (exact) mass is 252 g/mol. The molecule has 0 aromatic rings. The summed E-state index contributed by atoms with van der Waals surface area (Å²) in [5, 5.41) is 8.66. The average molecular weight is 252 g/mol. The molecule has 0 aliphatic rings. The molecule has 0 amide bonds. The first kappa shape index (κ1) is 15.3. The fraction of sp³-hybridized carbons (Fsp3) is 0.889. The second-order valence-electron chi connectivity index (χ2n) is 4.36. The molecule has 0 bridgehead atoms. The van der Waals surface area contributed by atoms with E-state index in [2.05, 4.69) is 4.72 Å². The molecule has 0 unspecified atom stereocenters. The third kappa shape index (κ3) is 6.04. The number of nitrogens with one attached hydrogen (secondary N) is 1. The van der Waals surface area contributed by atoms with Crippen molar-refractivity contribution in [3.63, 3.8) is 0 Å². The summed E-state index contributed by atoms with van der Waals surface area (Å²) in [7, 11) is -3.71. The topological polar surface area (TPSA) is 86.7 Å². The van der Waals surface area contributed by atoms with Gasteiger partial charge in [0.15, 0.2) is 0 Å². The van der Waals surface area contributed by atoms with E-state index in [0.29, 0.717) is 0 Å². The second kappa shape index (κ2) is 6.17. The number of rotatable bonds is 7. The van der Waals surface area contributed by atoms with Crippen LogP contribution in [0.1, 0.15) is 27.7 Å². The quantitative estimate of drug-likeness (QED) is 0.681. The van der Waals surface area contributed by atoms with Crippen molar-refractivity contribution in [2.75, 3.05) is 13.1 Å². The Bertz CT molecular complexity index is 324. The largest absolute Gasteiger partial charge is 0.480 e. The standard InChI is InChI=1S/C9H20N2O4S/c1-7(2)5-11(6-9(12)13)16(14,15)10-8(3)4/h7-8,10H,5-6H2,1-4H3,(H,12,13). The third-order valence-corrected chi connectivity index (χ3v) is 3.33. The highest BCUT2D eigenvalue weighted by Crippen LogP contribution is 2.04. The number of hydrogen-bond donors (Lipinski definition) is 2. The average Bonchev–Trinajstić information content (AvgIpc) is 1.98. The molecule has 0 fully saturated rings. The van der Waals surface area contributed by atoms with Gasteiger partial charge in [0.25, 0.3) is 10.2 Å². The molecule has 0 saturated carbocycles. The van der Waals surface area contributed by atoms with Gasteiger partial charge in [0.1, 0.15) is 6.54 Å². The Balaban J connectivity index is 4.79. The zero-order valence-corrected chi connectivity index (χ0v) is 10.9. The first-order valence-corrected chi connectivity index (χ1v) is 6.58. The van der Waals surface area contributed by atoms with E-state index in [1.807, 2.05) is 13.8 Å². The molecule has 7 heteroatoms. The van der Waals surface area contributed by atoms with Gasteiger partial charge in [-0.3, -0.25) is 4.79 Å². The molecule has 0 heterocycles. The van der Waals surface area contributed by atoms with Crippen LogP contribution in [-0.2, 0) is 15.0 Å². The lowest BCUT2D eigenvalue weighted by molar-refractivity contribution is -0.137. The minimum Gasteiger partial charge on any atom is -0.480 e. The maximum absolute atomic E-state index is 11.8. The number of aliphatic carboxylic acids is 1. The van der Waals surface area contributed by atoms with Gasteiger partial charge < -0.3 is 5.11 Å². The minimum absolute atomic E-state index is 0.0723. The van der Waals surface area contributed by atoms with E-state index in [1.54, 1.807) is 13.8 Å². The number of hydrogen-bond acceptors (Lipinski definition) is 3. The smallest absolute Gasteiger partial charge is 0.318 e. The molecule has 0 aromatic carbocycles. The van der Waals surface area contributed by atoms with Crippen LogP contribution in [0.25, 0.3) is 0 Å². The predicted molar refractivity (Wildman–Crippen MR) is 61.2 cm³/mol. The fourth-order valence-corrected chi connectivity index (χ4v) is 2.70. The van der Waals surface area contributed by atoms with Crippen LogP contribution in [0.4, 0.5) is 0 Å². The fourth-order valence-electron chi connectivity index (χ4n) is 1.18. The Labute approximate surface area is 96.8 Å². The van der Waals surface area contributed by atoms with Crippen molar-refractivity contribution in [3.05, 3.63) is 0 Å². The molecule has 0 aliphatic carbocycles. The molecule has 6 nitrogen and oxygen atoms in total. The lowest BCUT2D eigenvalue weighted by Crippen LogP contribution is -2.47. The summed E-state index contributed by atoms with van der Waals surface area (Å²) in [6.07, 6.45) is 0. The van der Waals surface area contributed by atoms with Gasteiger partial charge in [0.05, 0.1) is 0 Å². The summed E-state index contributed by atoms with van der Waals surface area (Å²) >= 11 is 0. The summed E-state index contributed by atoms with van der Waals surface area (Å²) in [5.74, 6) is -1.09. The van der Waals surface area contributed by atoms with Gasteiger partial charge in [-0.25, -0.2) is 0 Å². The van der Waals surface area contributed by atoms with E-state index in [-0.39, 0.29) is 18.5 Å². The van der Waals surface area contributed by atoms with Crippen molar-refractivity contribution in [2.45, 2.75) is 33.7 Å². The van der Waals surface area contributed by atoms with Gasteiger partial charge in [-0.15, -0.1) is 0 Å². The van der Waals surface area contributed by atoms with Crippen LogP contribution in [0.5, 0.6) is 0 Å². The van der Waals surface area contributed by atoms with Crippen LogP contribution in [0.3, 0.4) is 0 Å². The lowest BCUT2D eigenvalue weighted by Gasteiger charge is -2.23. The van der Waals surface area contributed by atoms with E-state index >= 15 is 0 Å². The van der Waals surface area contributed by atoms with Crippen LogP contribution in [0, 0.1) is 5.92 Å². The third-order valence-electron chi connectivity index (χ3n) is 1.60. The van der Waals surface area contributed by atoms with E-state index in [4.69, 9.17) is 5.11 Å². The zero-order chi connectivity index (χ0) is 12.9. The Morgan fingerprint density at radius 3 is 2.12 bits per heavy atom. The molecule has 0 radical (unpaired) electrons. The van der Waals surface area contributed by atoms with Gasteiger partial charge in [0, 0.05) is 12.6 Å². The lowest BCUT2D eigenvalue weighted by atomic mass is 10.2. The van der Waals surface area contributed by atoms with Crippen molar-refractivity contribution in [1.29, 1.82) is 0 Å². The van der Waals surface area contributed by atoms with Crippen LogP contribution in [0.2, 0.25) is 0 Å². The minimum atomic E-state index is -3.71. The maximum atomic E-state index is 11.8. The van der Waals surface area contributed by atoms with Gasteiger partial charge in [-0.05, 0) is 19.8 Å². The van der Waals surface area contributed by atoms with Crippen LogP contribution in [-0.4, -0.2) is 42.9 Å². The SMILES string of the molecule is CC(C)CN(CC(=O)O)S(=O)(=O)NC(C)C. The Kier molecular flexibility index (Phi) is 5.91. The van der Waals surface area contributed by atoms with Gasteiger partial charge >= 0.3 is 5.97 Å². The van der Waals surface area contributed by atoms with Crippen molar-refractivity contribution < 1.29 is 18.3 Å². The zero-order valence-electron chi connectivity index (χ0n) is 10.1. The van der Waals surface area contributed by atoms with Gasteiger partial charge in [0.2, 0.25) is 0 Å². The van der Waals surface area contributed by atoms with Crippen molar-refractivity contribution in [2.24, 2.45) is 5.92 Å². The van der Waals surface area contributed by atoms with Crippen molar-refractivity contribution in [1.82, 2.24) is 9.03 Å². The Morgan fingerprint density at radius 2 is 1.81 bits per heavy atom. The Hall–Kier alpha value is -0.660. The summed E-state index contributed by atoms with van der Waals surface area (Å²) in [5.41, 5.74) is 0. The van der Waals surface area contributed by atoms with E-state index in [9.17, 15) is 13.2 Å². The van der Waals surface area contributed by atoms with E-state index in [0.717, 1.165) is 4.31 Å². The second-order valence-corrected chi connectivity index (χ2v) is 6.06. The molecule has 0 aromatic heterocycles. The van der Waals surface area contributed by atoms with E-state index in [1.165, 1.54) is 0 Å². The number of carbonyl (C=O) groups is 1. The number of nitrogens with zero attached hydrogens (tertiary/aromatic N) is 1. The highest BCUT2D eigenvalue weighted by Gasteiger charge is 2.25. The maximum Gasteiger partial charge on any atom is 0.318 e. The highest BCUT2D eigenvalue weighted by atomic mass is 32.2. The first-order chi connectivity index (χ1) is 7.15. The molecule has 0 rings (SSSR count). The van der Waals surface area contributed by atoms with Crippen LogP contribution < -0.4 is 4.72 Å². The molecular formula is C9H20N2O4S.